The van der Waals surface area contributed by atoms with E-state index in [1.165, 1.54) is 17.4 Å². The standard InChI is InChI=1S/C25H23FN6O2S/c1-31-21(29-25-24(31)30-23(14-33)35-25)13-32-9-7-17(8-10-32)20-3-2-4-22(28-20)34-15-18-6-5-16(12-27)11-19(18)26/h2-6,11,14,17H,7-10,13,15H2,1H3. The van der Waals surface area contributed by atoms with Gasteiger partial charge in [0.2, 0.25) is 5.88 Å². The Morgan fingerprint density at radius 1 is 1.23 bits per heavy atom. The van der Waals surface area contributed by atoms with E-state index in [1.54, 1.807) is 18.2 Å². The number of hydrogen-bond acceptors (Lipinski definition) is 8. The zero-order valence-corrected chi connectivity index (χ0v) is 20.0. The van der Waals surface area contributed by atoms with Crippen LogP contribution in [0.5, 0.6) is 5.88 Å². The van der Waals surface area contributed by atoms with E-state index in [0.717, 1.165) is 60.8 Å². The summed E-state index contributed by atoms with van der Waals surface area (Å²) >= 11 is 1.31. The fraction of sp³-hybridized carbons (Fsp3) is 0.320. The lowest BCUT2D eigenvalue weighted by Crippen LogP contribution is -2.33. The first-order valence-electron chi connectivity index (χ1n) is 11.3. The van der Waals surface area contributed by atoms with Gasteiger partial charge in [-0.05, 0) is 44.1 Å². The second kappa shape index (κ2) is 9.90. The molecule has 1 saturated heterocycles. The smallest absolute Gasteiger partial charge is 0.213 e. The minimum absolute atomic E-state index is 0.0523. The molecule has 1 aliphatic rings. The minimum Gasteiger partial charge on any atom is -0.473 e. The molecular formula is C25H23FN6O2S. The Labute approximate surface area is 205 Å². The molecule has 35 heavy (non-hydrogen) atoms. The highest BCUT2D eigenvalue weighted by Gasteiger charge is 2.24. The molecule has 0 unspecified atom stereocenters. The lowest BCUT2D eigenvalue weighted by atomic mass is 9.93. The summed E-state index contributed by atoms with van der Waals surface area (Å²) in [4.78, 5) is 27.8. The molecule has 0 N–H and O–H groups in total. The number of pyridine rings is 1. The second-order valence-electron chi connectivity index (χ2n) is 8.54. The van der Waals surface area contributed by atoms with Crippen molar-refractivity contribution in [3.63, 3.8) is 0 Å². The molecule has 0 spiro atoms. The Bertz CT molecular complexity index is 1420. The van der Waals surface area contributed by atoms with E-state index in [1.807, 2.05) is 29.8 Å². The van der Waals surface area contributed by atoms with Gasteiger partial charge >= 0.3 is 0 Å². The molecule has 5 rings (SSSR count). The van der Waals surface area contributed by atoms with Gasteiger partial charge in [0.1, 0.15) is 18.2 Å². The average Bonchev–Trinajstić information content (AvgIpc) is 3.42. The molecule has 0 aliphatic carbocycles. The molecule has 0 radical (unpaired) electrons. The number of thiazole rings is 1. The number of fused-ring (bicyclic) bond motifs is 1. The maximum atomic E-state index is 14.1. The van der Waals surface area contributed by atoms with Crippen molar-refractivity contribution in [3.05, 3.63) is 69.9 Å². The SMILES string of the molecule is Cn1c(CN2CCC(c3cccc(OCc4ccc(C#N)cc4F)n3)CC2)nc2sc(C=O)nc21. The highest BCUT2D eigenvalue weighted by atomic mass is 32.1. The highest BCUT2D eigenvalue weighted by molar-refractivity contribution is 7.19. The molecule has 4 heterocycles. The van der Waals surface area contributed by atoms with Crippen LogP contribution in [0.25, 0.3) is 10.5 Å². The molecule has 0 atom stereocenters. The number of benzene rings is 1. The number of hydrogen-bond donors (Lipinski definition) is 0. The predicted molar refractivity (Wildman–Crippen MR) is 129 cm³/mol. The lowest BCUT2D eigenvalue weighted by molar-refractivity contribution is 0.112. The van der Waals surface area contributed by atoms with Crippen LogP contribution in [0.15, 0.2) is 36.4 Å². The number of piperidine rings is 1. The van der Waals surface area contributed by atoms with Crippen molar-refractivity contribution in [3.8, 4) is 11.9 Å². The normalized spacial score (nSPS) is 14.8. The monoisotopic (exact) mass is 490 g/mol. The Hall–Kier alpha value is -3.68. The van der Waals surface area contributed by atoms with Gasteiger partial charge in [-0.2, -0.15) is 5.26 Å². The second-order valence-corrected chi connectivity index (χ2v) is 9.55. The molecule has 4 aromatic rings. The molecular weight excluding hydrogens is 467 g/mol. The van der Waals surface area contributed by atoms with E-state index < -0.39 is 5.82 Å². The first kappa shape index (κ1) is 23.1. The fourth-order valence-electron chi connectivity index (χ4n) is 4.33. The molecule has 1 aromatic carbocycles. The summed E-state index contributed by atoms with van der Waals surface area (Å²) in [6.07, 6.45) is 2.69. The number of nitrogens with zero attached hydrogens (tertiary/aromatic N) is 6. The van der Waals surface area contributed by atoms with Gasteiger partial charge in [0.05, 0.1) is 18.2 Å². The van der Waals surface area contributed by atoms with Crippen LogP contribution in [0, 0.1) is 17.1 Å². The van der Waals surface area contributed by atoms with Crippen molar-refractivity contribution < 1.29 is 13.9 Å². The van der Waals surface area contributed by atoms with Crippen LogP contribution in [0.2, 0.25) is 0 Å². The molecule has 0 amide bonds. The molecule has 0 bridgehead atoms. The zero-order chi connectivity index (χ0) is 24.4. The molecule has 8 nitrogen and oxygen atoms in total. The van der Waals surface area contributed by atoms with E-state index in [4.69, 9.17) is 10.00 Å². The third-order valence-corrected chi connectivity index (χ3v) is 7.18. The third-order valence-electron chi connectivity index (χ3n) is 6.32. The van der Waals surface area contributed by atoms with Gasteiger partial charge in [-0.15, -0.1) is 0 Å². The number of nitriles is 1. The van der Waals surface area contributed by atoms with Gasteiger partial charge in [-0.1, -0.05) is 23.5 Å². The van der Waals surface area contributed by atoms with Gasteiger partial charge in [-0.25, -0.2) is 19.3 Å². The zero-order valence-electron chi connectivity index (χ0n) is 19.1. The predicted octanol–water partition coefficient (Wildman–Crippen LogP) is 4.21. The summed E-state index contributed by atoms with van der Waals surface area (Å²) in [6.45, 7) is 2.62. The van der Waals surface area contributed by atoms with Crippen molar-refractivity contribution in [1.29, 1.82) is 5.26 Å². The summed E-state index contributed by atoms with van der Waals surface area (Å²) in [6, 6.07) is 12.0. The maximum absolute atomic E-state index is 14.1. The van der Waals surface area contributed by atoms with Gasteiger partial charge in [0.15, 0.2) is 21.8 Å². The van der Waals surface area contributed by atoms with Crippen LogP contribution in [-0.4, -0.2) is 43.8 Å². The van der Waals surface area contributed by atoms with Crippen LogP contribution in [0.4, 0.5) is 4.39 Å². The van der Waals surface area contributed by atoms with Gasteiger partial charge in [0, 0.05) is 30.3 Å². The summed E-state index contributed by atoms with van der Waals surface area (Å²) in [7, 11) is 1.94. The van der Waals surface area contributed by atoms with E-state index >= 15 is 0 Å². The maximum Gasteiger partial charge on any atom is 0.213 e. The van der Waals surface area contributed by atoms with E-state index in [9.17, 15) is 9.18 Å². The molecule has 3 aromatic heterocycles. The molecule has 1 fully saturated rings. The quantitative estimate of drug-likeness (QED) is 0.358. The largest absolute Gasteiger partial charge is 0.473 e. The van der Waals surface area contributed by atoms with Gasteiger partial charge in [0.25, 0.3) is 0 Å². The highest BCUT2D eigenvalue weighted by Crippen LogP contribution is 2.29. The van der Waals surface area contributed by atoms with E-state index in [2.05, 4.69) is 19.9 Å². The summed E-state index contributed by atoms with van der Waals surface area (Å²) in [5.74, 6) is 1.27. The molecule has 178 valence electrons. The Balaban J connectivity index is 1.18. The fourth-order valence-corrected chi connectivity index (χ4v) is 5.13. The van der Waals surface area contributed by atoms with Crippen LogP contribution < -0.4 is 4.74 Å². The first-order valence-corrected chi connectivity index (χ1v) is 12.1. The summed E-state index contributed by atoms with van der Waals surface area (Å²) in [5.41, 5.74) is 2.40. The van der Waals surface area contributed by atoms with Crippen LogP contribution in [0.3, 0.4) is 0 Å². The summed E-state index contributed by atoms with van der Waals surface area (Å²) in [5, 5.41) is 9.33. The van der Waals surface area contributed by atoms with Crippen molar-refractivity contribution >= 4 is 28.1 Å². The van der Waals surface area contributed by atoms with Crippen molar-refractivity contribution in [2.24, 2.45) is 7.05 Å². The van der Waals surface area contributed by atoms with Crippen LogP contribution in [-0.2, 0) is 20.2 Å². The summed E-state index contributed by atoms with van der Waals surface area (Å²) < 4.78 is 21.8. The number of carbonyl (C=O) groups excluding carboxylic acids is 1. The van der Waals surface area contributed by atoms with Crippen LogP contribution >= 0.6 is 11.3 Å². The van der Waals surface area contributed by atoms with Crippen molar-refractivity contribution in [2.75, 3.05) is 13.1 Å². The number of likely N-dealkylation sites (tertiary alicyclic amines) is 1. The Kier molecular flexibility index (Phi) is 6.53. The van der Waals surface area contributed by atoms with Crippen molar-refractivity contribution in [2.45, 2.75) is 31.9 Å². The average molecular weight is 491 g/mol. The van der Waals surface area contributed by atoms with Crippen LogP contribution in [0.1, 0.15) is 51.2 Å². The number of carbonyl (C=O) groups is 1. The number of imidazole rings is 1. The molecule has 1 aliphatic heterocycles. The van der Waals surface area contributed by atoms with Gasteiger partial charge < -0.3 is 9.30 Å². The Morgan fingerprint density at radius 3 is 2.77 bits per heavy atom. The third kappa shape index (κ3) is 4.92. The number of rotatable bonds is 7. The van der Waals surface area contributed by atoms with Gasteiger partial charge in [-0.3, -0.25) is 9.69 Å². The molecule has 10 heteroatoms. The minimum atomic E-state index is -0.458. The van der Waals surface area contributed by atoms with E-state index in [-0.39, 0.29) is 12.2 Å². The number of ether oxygens (including phenoxy) is 1. The molecule has 0 saturated carbocycles. The topological polar surface area (TPSA) is 96.9 Å². The number of aromatic nitrogens is 4. The Morgan fingerprint density at radius 2 is 2.06 bits per heavy atom. The number of aldehydes is 1. The number of aryl methyl sites for hydroxylation is 1. The lowest BCUT2D eigenvalue weighted by Gasteiger charge is -2.31. The van der Waals surface area contributed by atoms with Crippen molar-refractivity contribution in [1.82, 2.24) is 24.4 Å². The number of halogens is 1. The van der Waals surface area contributed by atoms with E-state index in [0.29, 0.717) is 22.4 Å². The first-order chi connectivity index (χ1) is 17.0.